The molecule has 2 aromatic carbocycles. The number of rotatable bonds is 10. The number of hydrogen-bond donors (Lipinski definition) is 3. The van der Waals surface area contributed by atoms with Crippen molar-refractivity contribution < 1.29 is 19.7 Å². The van der Waals surface area contributed by atoms with Crippen molar-refractivity contribution in [2.75, 3.05) is 0 Å². The number of aryl methyl sites for hydroxylation is 1. The van der Waals surface area contributed by atoms with Crippen LogP contribution in [0.3, 0.4) is 0 Å². The molecule has 0 amide bonds. The monoisotopic (exact) mass is 410 g/mol. The van der Waals surface area contributed by atoms with Gasteiger partial charge in [0.25, 0.3) is 0 Å². The highest BCUT2D eigenvalue weighted by Gasteiger charge is 2.17. The number of phenolic OH excluding ortho intramolecular Hbond substituents is 2. The highest BCUT2D eigenvalue weighted by atomic mass is 16.4. The Kier molecular flexibility index (Phi) is 7.39. The first-order valence-electron chi connectivity index (χ1n) is 10.8. The minimum Gasteiger partial charge on any atom is -0.504 e. The number of hydrogen-bond acceptors (Lipinski definition) is 5. The summed E-state index contributed by atoms with van der Waals surface area (Å²) >= 11 is 0. The minimum absolute atomic E-state index is 0.0213. The summed E-state index contributed by atoms with van der Waals surface area (Å²) in [5, 5.41) is 29.8. The predicted molar refractivity (Wildman–Crippen MR) is 119 cm³/mol. The Morgan fingerprint density at radius 2 is 1.50 bits per heavy atom. The summed E-state index contributed by atoms with van der Waals surface area (Å²) in [6, 6.07) is 9.46. The maximum absolute atomic E-state index is 12.6. The number of phenols is 2. The summed E-state index contributed by atoms with van der Waals surface area (Å²) in [6.07, 6.45) is 10.9. The second kappa shape index (κ2) is 10.2. The molecule has 30 heavy (non-hydrogen) atoms. The average Bonchev–Trinajstić information content (AvgIpc) is 2.74. The Bertz CT molecular complexity index is 1050. The topological polar surface area (TPSA) is 90.9 Å². The van der Waals surface area contributed by atoms with E-state index < -0.39 is 11.2 Å². The van der Waals surface area contributed by atoms with Gasteiger partial charge in [0.2, 0.25) is 11.2 Å². The van der Waals surface area contributed by atoms with Crippen molar-refractivity contribution in [3.63, 3.8) is 0 Å². The molecule has 0 aliphatic heterocycles. The molecule has 3 aromatic rings. The molecule has 5 heteroatoms. The third kappa shape index (κ3) is 5.15. The summed E-state index contributed by atoms with van der Waals surface area (Å²) in [7, 11) is 0. The maximum atomic E-state index is 12.6. The van der Waals surface area contributed by atoms with Crippen molar-refractivity contribution in [1.82, 2.24) is 0 Å². The molecule has 3 rings (SSSR count). The third-order valence-corrected chi connectivity index (χ3v) is 5.49. The van der Waals surface area contributed by atoms with E-state index in [9.17, 15) is 20.1 Å². The van der Waals surface area contributed by atoms with Crippen molar-refractivity contribution in [2.45, 2.75) is 64.7 Å². The molecule has 0 radical (unpaired) electrons. The lowest BCUT2D eigenvalue weighted by atomic mass is 10.0. The molecule has 0 atom stereocenters. The number of unbranched alkanes of at least 4 members (excludes halogenated alkanes) is 7. The first-order chi connectivity index (χ1) is 14.5. The van der Waals surface area contributed by atoms with Gasteiger partial charge in [-0.1, -0.05) is 57.9 Å². The van der Waals surface area contributed by atoms with E-state index in [1.807, 2.05) is 12.1 Å². The molecule has 0 bridgehead atoms. The van der Waals surface area contributed by atoms with Gasteiger partial charge in [0.15, 0.2) is 17.3 Å². The fourth-order valence-electron chi connectivity index (χ4n) is 3.71. The van der Waals surface area contributed by atoms with Gasteiger partial charge in [-0.25, -0.2) is 0 Å². The predicted octanol–water partition coefficient (Wildman–Crippen LogP) is 6.26. The van der Waals surface area contributed by atoms with Crippen LogP contribution in [-0.2, 0) is 6.42 Å². The molecule has 1 heterocycles. The molecule has 5 nitrogen and oxygen atoms in total. The van der Waals surface area contributed by atoms with Gasteiger partial charge in [0, 0.05) is 5.56 Å². The SMILES string of the molecule is CCCCCCCCCCc1ccc2c(=O)c(O)c(-c3ccc(O)c(O)c3)oc2c1. The summed E-state index contributed by atoms with van der Waals surface area (Å²) in [5.41, 5.74) is 1.28. The zero-order chi connectivity index (χ0) is 21.5. The van der Waals surface area contributed by atoms with E-state index in [0.29, 0.717) is 16.5 Å². The quantitative estimate of drug-likeness (QED) is 0.271. The zero-order valence-corrected chi connectivity index (χ0v) is 17.5. The van der Waals surface area contributed by atoms with Crippen molar-refractivity contribution in [1.29, 1.82) is 0 Å². The molecule has 0 aliphatic carbocycles. The molecular formula is C25H30O5. The van der Waals surface area contributed by atoms with Crippen LogP contribution in [0.5, 0.6) is 17.2 Å². The van der Waals surface area contributed by atoms with Gasteiger partial charge < -0.3 is 19.7 Å². The Labute approximate surface area is 176 Å². The molecule has 160 valence electrons. The van der Waals surface area contributed by atoms with Crippen LogP contribution in [0.2, 0.25) is 0 Å². The summed E-state index contributed by atoms with van der Waals surface area (Å²) in [6.45, 7) is 2.23. The molecule has 0 aliphatic rings. The first kappa shape index (κ1) is 21.8. The average molecular weight is 411 g/mol. The van der Waals surface area contributed by atoms with Gasteiger partial charge in [0.05, 0.1) is 5.39 Å². The largest absolute Gasteiger partial charge is 0.504 e. The smallest absolute Gasteiger partial charge is 0.235 e. The van der Waals surface area contributed by atoms with Crippen LogP contribution in [0.1, 0.15) is 63.9 Å². The second-order valence-electron chi connectivity index (χ2n) is 7.87. The van der Waals surface area contributed by atoms with Gasteiger partial charge in [-0.15, -0.1) is 0 Å². The van der Waals surface area contributed by atoms with E-state index in [4.69, 9.17) is 4.42 Å². The van der Waals surface area contributed by atoms with Crippen LogP contribution in [0.15, 0.2) is 45.6 Å². The molecule has 0 spiro atoms. The van der Waals surface area contributed by atoms with Crippen LogP contribution in [0, 0.1) is 0 Å². The summed E-state index contributed by atoms with van der Waals surface area (Å²) < 4.78 is 5.83. The van der Waals surface area contributed by atoms with E-state index in [1.165, 1.54) is 63.1 Å². The number of benzene rings is 2. The Morgan fingerprint density at radius 1 is 0.800 bits per heavy atom. The van der Waals surface area contributed by atoms with Crippen LogP contribution < -0.4 is 5.43 Å². The van der Waals surface area contributed by atoms with E-state index in [-0.39, 0.29) is 17.3 Å². The number of aromatic hydroxyl groups is 3. The van der Waals surface area contributed by atoms with Gasteiger partial charge in [0.1, 0.15) is 5.58 Å². The standard InChI is InChI=1S/C25H30O5/c1-2-3-4-5-6-7-8-9-10-17-11-13-19-22(15-17)30-25(24(29)23(19)28)18-12-14-20(26)21(27)16-18/h11-16,26-27,29H,2-10H2,1H3. The van der Waals surface area contributed by atoms with Crippen molar-refractivity contribution in [3.05, 3.63) is 52.2 Å². The second-order valence-corrected chi connectivity index (χ2v) is 7.87. The van der Waals surface area contributed by atoms with Crippen molar-refractivity contribution in [2.24, 2.45) is 0 Å². The Hall–Kier alpha value is -2.95. The fourth-order valence-corrected chi connectivity index (χ4v) is 3.71. The van der Waals surface area contributed by atoms with Crippen LogP contribution in [0.4, 0.5) is 0 Å². The highest BCUT2D eigenvalue weighted by molar-refractivity contribution is 5.82. The Balaban J connectivity index is 1.73. The molecule has 3 N–H and O–H groups in total. The lowest BCUT2D eigenvalue weighted by Crippen LogP contribution is -2.03. The molecule has 0 saturated heterocycles. The highest BCUT2D eigenvalue weighted by Crippen LogP contribution is 2.35. The fraction of sp³-hybridized carbons (Fsp3) is 0.400. The van der Waals surface area contributed by atoms with Crippen LogP contribution in [-0.4, -0.2) is 15.3 Å². The summed E-state index contributed by atoms with van der Waals surface area (Å²) in [5.74, 6) is -1.16. The van der Waals surface area contributed by atoms with Crippen LogP contribution in [0.25, 0.3) is 22.3 Å². The van der Waals surface area contributed by atoms with Crippen molar-refractivity contribution >= 4 is 11.0 Å². The van der Waals surface area contributed by atoms with Gasteiger partial charge in [-0.3, -0.25) is 4.79 Å². The van der Waals surface area contributed by atoms with Gasteiger partial charge in [-0.2, -0.15) is 0 Å². The first-order valence-corrected chi connectivity index (χ1v) is 10.8. The third-order valence-electron chi connectivity index (χ3n) is 5.49. The van der Waals surface area contributed by atoms with E-state index >= 15 is 0 Å². The molecule has 0 fully saturated rings. The van der Waals surface area contributed by atoms with Crippen molar-refractivity contribution in [3.8, 4) is 28.6 Å². The Morgan fingerprint density at radius 3 is 2.20 bits per heavy atom. The lowest BCUT2D eigenvalue weighted by molar-refractivity contribution is 0.403. The lowest BCUT2D eigenvalue weighted by Gasteiger charge is -2.08. The summed E-state index contributed by atoms with van der Waals surface area (Å²) in [4.78, 5) is 12.6. The van der Waals surface area contributed by atoms with E-state index in [0.717, 1.165) is 18.4 Å². The molecule has 1 aromatic heterocycles. The molecule has 0 saturated carbocycles. The molecular weight excluding hydrogens is 380 g/mol. The maximum Gasteiger partial charge on any atom is 0.235 e. The van der Waals surface area contributed by atoms with E-state index in [1.54, 1.807) is 6.07 Å². The molecule has 0 unspecified atom stereocenters. The van der Waals surface area contributed by atoms with E-state index in [2.05, 4.69) is 6.92 Å². The minimum atomic E-state index is -0.516. The normalized spacial score (nSPS) is 11.2. The van der Waals surface area contributed by atoms with Crippen LogP contribution >= 0.6 is 0 Å². The van der Waals surface area contributed by atoms with Gasteiger partial charge >= 0.3 is 0 Å². The zero-order valence-electron chi connectivity index (χ0n) is 17.5. The number of fused-ring (bicyclic) bond motifs is 1. The van der Waals surface area contributed by atoms with Gasteiger partial charge in [-0.05, 0) is 48.7 Å².